The molecule has 0 radical (unpaired) electrons. The molecule has 3 N–H and O–H groups in total. The summed E-state index contributed by atoms with van der Waals surface area (Å²) in [6.07, 6.45) is 3.84. The first-order valence-electron chi connectivity index (χ1n) is 11.9. The number of fused-ring (bicyclic) bond motifs is 1. The van der Waals surface area contributed by atoms with Crippen LogP contribution in [-0.4, -0.2) is 72.2 Å². The van der Waals surface area contributed by atoms with Crippen LogP contribution in [0.4, 0.5) is 0 Å². The third kappa shape index (κ3) is 5.25. The zero-order chi connectivity index (χ0) is 23.4. The number of piperidine rings is 2. The van der Waals surface area contributed by atoms with Gasteiger partial charge in [0.05, 0.1) is 0 Å². The van der Waals surface area contributed by atoms with Crippen LogP contribution in [-0.2, 0) is 27.5 Å². The number of carbonyl (C=O) groups excluding carboxylic acids is 4. The van der Waals surface area contributed by atoms with E-state index in [9.17, 15) is 19.2 Å². The maximum Gasteiger partial charge on any atom is 0.255 e. The minimum Gasteiger partial charge on any atom is -0.343 e. The molecule has 3 aliphatic rings. The van der Waals surface area contributed by atoms with Crippen molar-refractivity contribution < 1.29 is 19.2 Å². The number of carbonyl (C=O) groups is 4. The van der Waals surface area contributed by atoms with E-state index in [1.807, 2.05) is 30.1 Å². The molecular formula is C24H33N5O4. The van der Waals surface area contributed by atoms with E-state index in [1.165, 1.54) is 0 Å². The molecule has 9 heteroatoms. The van der Waals surface area contributed by atoms with Crippen molar-refractivity contribution in [2.75, 3.05) is 26.7 Å². The summed E-state index contributed by atoms with van der Waals surface area (Å²) in [5, 5.41) is 8.98. The van der Waals surface area contributed by atoms with E-state index in [1.54, 1.807) is 4.90 Å². The number of nitrogens with one attached hydrogen (secondary N) is 3. The highest BCUT2D eigenvalue weighted by molar-refractivity contribution is 6.06. The van der Waals surface area contributed by atoms with Crippen molar-refractivity contribution >= 4 is 23.6 Å². The van der Waals surface area contributed by atoms with Gasteiger partial charge in [0, 0.05) is 50.6 Å². The van der Waals surface area contributed by atoms with Gasteiger partial charge in [0.25, 0.3) is 5.91 Å². The molecule has 1 atom stereocenters. The molecular weight excluding hydrogens is 422 g/mol. The summed E-state index contributed by atoms with van der Waals surface area (Å²) in [5.41, 5.74) is 2.52. The Labute approximate surface area is 194 Å². The molecule has 3 aliphatic heterocycles. The largest absolute Gasteiger partial charge is 0.343 e. The zero-order valence-corrected chi connectivity index (χ0v) is 19.2. The van der Waals surface area contributed by atoms with Crippen LogP contribution in [0, 0.1) is 0 Å². The van der Waals surface area contributed by atoms with Crippen LogP contribution in [0.3, 0.4) is 0 Å². The Morgan fingerprint density at radius 3 is 2.67 bits per heavy atom. The van der Waals surface area contributed by atoms with Gasteiger partial charge in [-0.15, -0.1) is 0 Å². The third-order valence-corrected chi connectivity index (χ3v) is 6.89. The fourth-order valence-electron chi connectivity index (χ4n) is 5.00. The van der Waals surface area contributed by atoms with E-state index in [2.05, 4.69) is 16.0 Å². The first-order chi connectivity index (χ1) is 16.0. The van der Waals surface area contributed by atoms with Gasteiger partial charge in [-0.1, -0.05) is 18.2 Å². The normalized spacial score (nSPS) is 21.4. The number of imide groups is 1. The smallest absolute Gasteiger partial charge is 0.255 e. The average Bonchev–Trinajstić information content (AvgIpc) is 3.15. The topological polar surface area (TPSA) is 111 Å². The molecule has 178 valence electrons. The number of amides is 4. The molecule has 33 heavy (non-hydrogen) atoms. The maximum absolute atomic E-state index is 13.2. The summed E-state index contributed by atoms with van der Waals surface area (Å²) in [6, 6.07) is 5.53. The molecule has 0 aromatic heterocycles. The Bertz CT molecular complexity index is 925. The number of nitrogens with zero attached hydrogens (tertiary/aromatic N) is 2. The van der Waals surface area contributed by atoms with Crippen LogP contribution in [0.5, 0.6) is 0 Å². The summed E-state index contributed by atoms with van der Waals surface area (Å²) >= 11 is 0. The number of hydrogen-bond donors (Lipinski definition) is 3. The molecule has 0 spiro atoms. The van der Waals surface area contributed by atoms with Crippen molar-refractivity contribution in [3.05, 3.63) is 34.9 Å². The SMILES string of the molecule is CNCCCC(=O)N1CCC(NCc2cccc3c2C(=O)N(C2CCC(=O)NC2=O)C3)CC1. The molecule has 1 aromatic rings. The second-order valence-corrected chi connectivity index (χ2v) is 9.09. The highest BCUT2D eigenvalue weighted by atomic mass is 16.2. The first-order valence-corrected chi connectivity index (χ1v) is 11.9. The van der Waals surface area contributed by atoms with Gasteiger partial charge in [-0.2, -0.15) is 0 Å². The van der Waals surface area contributed by atoms with E-state index in [0.717, 1.165) is 50.0 Å². The average molecular weight is 456 g/mol. The van der Waals surface area contributed by atoms with Gasteiger partial charge in [0.15, 0.2) is 0 Å². The predicted molar refractivity (Wildman–Crippen MR) is 122 cm³/mol. The van der Waals surface area contributed by atoms with Crippen molar-refractivity contribution in [1.29, 1.82) is 0 Å². The van der Waals surface area contributed by atoms with Crippen LogP contribution in [0.1, 0.15) is 60.0 Å². The maximum atomic E-state index is 13.2. The fourth-order valence-corrected chi connectivity index (χ4v) is 5.00. The summed E-state index contributed by atoms with van der Waals surface area (Å²) in [4.78, 5) is 52.8. The number of hydrogen-bond acceptors (Lipinski definition) is 6. The molecule has 0 aliphatic carbocycles. The first kappa shape index (κ1) is 23.4. The lowest BCUT2D eigenvalue weighted by atomic mass is 10.0. The summed E-state index contributed by atoms with van der Waals surface area (Å²) in [6.45, 7) is 3.32. The molecule has 2 fully saturated rings. The van der Waals surface area contributed by atoms with Crippen LogP contribution in [0.25, 0.3) is 0 Å². The molecule has 0 saturated carbocycles. The highest BCUT2D eigenvalue weighted by Crippen LogP contribution is 2.30. The van der Waals surface area contributed by atoms with E-state index in [-0.39, 0.29) is 30.0 Å². The molecule has 1 unspecified atom stereocenters. The minimum absolute atomic E-state index is 0.140. The molecule has 0 bridgehead atoms. The monoisotopic (exact) mass is 455 g/mol. The lowest BCUT2D eigenvalue weighted by Crippen LogP contribution is -2.52. The van der Waals surface area contributed by atoms with Crippen molar-refractivity contribution in [2.24, 2.45) is 0 Å². The minimum atomic E-state index is -0.599. The standard InChI is InChI=1S/C24H33N5O4/c1-25-11-3-6-21(31)28-12-9-18(10-13-28)26-14-16-4-2-5-17-15-29(24(33)22(16)17)19-7-8-20(30)27-23(19)32/h2,4-5,18-19,25-26H,3,6-15H2,1H3,(H,27,30,32). The molecule has 9 nitrogen and oxygen atoms in total. The Morgan fingerprint density at radius 1 is 1.15 bits per heavy atom. The van der Waals surface area contributed by atoms with Crippen LogP contribution in [0.2, 0.25) is 0 Å². The Morgan fingerprint density at radius 2 is 1.94 bits per heavy atom. The van der Waals surface area contributed by atoms with E-state index in [0.29, 0.717) is 37.5 Å². The fraction of sp³-hybridized carbons (Fsp3) is 0.583. The van der Waals surface area contributed by atoms with Gasteiger partial charge in [0.2, 0.25) is 17.7 Å². The molecule has 2 saturated heterocycles. The molecule has 3 heterocycles. The molecule has 4 rings (SSSR count). The van der Waals surface area contributed by atoms with Gasteiger partial charge in [-0.3, -0.25) is 24.5 Å². The second kappa shape index (κ2) is 10.4. The summed E-state index contributed by atoms with van der Waals surface area (Å²) in [7, 11) is 1.89. The van der Waals surface area contributed by atoms with Gasteiger partial charge < -0.3 is 20.4 Å². The van der Waals surface area contributed by atoms with Crippen molar-refractivity contribution in [2.45, 2.75) is 63.7 Å². The summed E-state index contributed by atoms with van der Waals surface area (Å²) in [5.74, 6) is -0.585. The lowest BCUT2D eigenvalue weighted by Gasteiger charge is -2.33. The van der Waals surface area contributed by atoms with E-state index >= 15 is 0 Å². The van der Waals surface area contributed by atoms with Crippen molar-refractivity contribution in [3.63, 3.8) is 0 Å². The number of rotatable bonds is 8. The number of likely N-dealkylation sites (tertiary alicyclic amines) is 1. The Kier molecular flexibility index (Phi) is 7.39. The second-order valence-electron chi connectivity index (χ2n) is 9.09. The molecule has 1 aromatic carbocycles. The van der Waals surface area contributed by atoms with Crippen molar-refractivity contribution in [1.82, 2.24) is 25.8 Å². The number of benzene rings is 1. The quantitative estimate of drug-likeness (QED) is 0.390. The van der Waals surface area contributed by atoms with Crippen LogP contribution in [0.15, 0.2) is 18.2 Å². The van der Waals surface area contributed by atoms with E-state index < -0.39 is 6.04 Å². The zero-order valence-electron chi connectivity index (χ0n) is 19.2. The Hall–Kier alpha value is -2.78. The van der Waals surface area contributed by atoms with Gasteiger partial charge >= 0.3 is 0 Å². The van der Waals surface area contributed by atoms with Gasteiger partial charge in [0.1, 0.15) is 6.04 Å². The highest BCUT2D eigenvalue weighted by Gasteiger charge is 2.40. The van der Waals surface area contributed by atoms with Gasteiger partial charge in [-0.25, -0.2) is 0 Å². The van der Waals surface area contributed by atoms with Crippen LogP contribution < -0.4 is 16.0 Å². The lowest BCUT2D eigenvalue weighted by molar-refractivity contribution is -0.137. The van der Waals surface area contributed by atoms with Crippen molar-refractivity contribution in [3.8, 4) is 0 Å². The van der Waals surface area contributed by atoms with Crippen LogP contribution >= 0.6 is 0 Å². The molecule has 4 amide bonds. The third-order valence-electron chi connectivity index (χ3n) is 6.89. The van der Waals surface area contributed by atoms with Gasteiger partial charge in [-0.05, 0) is 50.4 Å². The summed E-state index contributed by atoms with van der Waals surface area (Å²) < 4.78 is 0. The Balaban J connectivity index is 1.32. The predicted octanol–water partition coefficient (Wildman–Crippen LogP) is 0.528. The van der Waals surface area contributed by atoms with E-state index in [4.69, 9.17) is 0 Å².